The van der Waals surface area contributed by atoms with E-state index in [1.54, 1.807) is 17.0 Å². The normalized spacial score (nSPS) is 15.6. The van der Waals surface area contributed by atoms with Gasteiger partial charge in [0, 0.05) is 42.2 Å². The first-order valence-electron chi connectivity index (χ1n) is 6.29. The lowest BCUT2D eigenvalue weighted by molar-refractivity contribution is 0.0663. The molecule has 2 amide bonds. The van der Waals surface area contributed by atoms with Crippen LogP contribution in [0.1, 0.15) is 20.7 Å². The maximum atomic E-state index is 12.3. The van der Waals surface area contributed by atoms with Crippen molar-refractivity contribution in [2.24, 2.45) is 5.11 Å². The maximum absolute atomic E-state index is 12.3. The molecule has 0 N–H and O–H groups in total. The fourth-order valence-corrected chi connectivity index (χ4v) is 2.05. The maximum Gasteiger partial charge on any atom is 0.253 e. The monoisotopic (exact) mass is 273 g/mol. The van der Waals surface area contributed by atoms with Crippen molar-refractivity contribution in [3.63, 3.8) is 0 Å². The first-order valence-corrected chi connectivity index (χ1v) is 6.29. The molecule has 0 bridgehead atoms. The van der Waals surface area contributed by atoms with Crippen LogP contribution in [0.2, 0.25) is 0 Å². The summed E-state index contributed by atoms with van der Waals surface area (Å²) in [4.78, 5) is 30.0. The predicted octanol–water partition coefficient (Wildman–Crippen LogP) is 1.52. The summed E-state index contributed by atoms with van der Waals surface area (Å²) in [5.41, 5.74) is 9.02. The van der Waals surface area contributed by atoms with Gasteiger partial charge >= 0.3 is 0 Å². The number of nitrogens with zero attached hydrogens (tertiary/aromatic N) is 5. The molecule has 1 heterocycles. The number of likely N-dealkylation sites (N-methyl/N-ethyl adjacent to an activating group) is 1. The summed E-state index contributed by atoms with van der Waals surface area (Å²) in [6.07, 6.45) is 0. The number of azide groups is 1. The van der Waals surface area contributed by atoms with E-state index in [0.717, 1.165) is 13.1 Å². The molecular formula is C13H15N5O2. The highest BCUT2D eigenvalue weighted by atomic mass is 16.2. The first kappa shape index (κ1) is 14.0. The van der Waals surface area contributed by atoms with Crippen LogP contribution < -0.4 is 0 Å². The van der Waals surface area contributed by atoms with Crippen LogP contribution >= 0.6 is 0 Å². The number of carbonyl (C=O) groups excluding carboxylic acids is 2. The Balaban J connectivity index is 2.08. The highest BCUT2D eigenvalue weighted by Gasteiger charge is 2.20. The van der Waals surface area contributed by atoms with E-state index in [-0.39, 0.29) is 11.5 Å². The summed E-state index contributed by atoms with van der Waals surface area (Å²) in [6.45, 7) is 3.13. The Kier molecular flexibility index (Phi) is 4.34. The van der Waals surface area contributed by atoms with E-state index in [9.17, 15) is 9.59 Å². The molecule has 1 aliphatic heterocycles. The SMILES string of the molecule is CN1CCN(C(=O)c2ccc(C(=O)N=[N+]=[N-])cc2)CC1. The molecule has 0 radical (unpaired) electrons. The molecule has 0 saturated carbocycles. The van der Waals surface area contributed by atoms with Crippen LogP contribution in [0, 0.1) is 0 Å². The fraction of sp³-hybridized carbons (Fsp3) is 0.385. The lowest BCUT2D eigenvalue weighted by Gasteiger charge is -2.32. The van der Waals surface area contributed by atoms with Crippen LogP contribution in [0.3, 0.4) is 0 Å². The summed E-state index contributed by atoms with van der Waals surface area (Å²) in [6, 6.07) is 6.17. The van der Waals surface area contributed by atoms with Gasteiger partial charge in [0.05, 0.1) is 0 Å². The first-order chi connectivity index (χ1) is 9.61. The molecule has 0 atom stereocenters. The standard InChI is InChI=1S/C13H15N5O2/c1-17-6-8-18(9-7-17)13(20)11-4-2-10(3-5-11)12(19)15-16-14/h2-5H,6-9H2,1H3. The lowest BCUT2D eigenvalue weighted by Crippen LogP contribution is -2.47. The zero-order valence-electron chi connectivity index (χ0n) is 11.2. The summed E-state index contributed by atoms with van der Waals surface area (Å²) in [5.74, 6) is -0.688. The number of hydrogen-bond donors (Lipinski definition) is 0. The minimum atomic E-state index is -0.647. The third kappa shape index (κ3) is 3.14. The second-order valence-corrected chi connectivity index (χ2v) is 4.67. The average Bonchev–Trinajstić information content (AvgIpc) is 2.48. The van der Waals surface area contributed by atoms with Gasteiger partial charge in [0.15, 0.2) is 0 Å². The molecule has 0 spiro atoms. The number of carbonyl (C=O) groups is 2. The molecule has 1 saturated heterocycles. The van der Waals surface area contributed by atoms with Gasteiger partial charge in [-0.2, -0.15) is 0 Å². The Labute approximate surface area is 116 Å². The Hall–Kier alpha value is -2.37. The number of piperazine rings is 1. The van der Waals surface area contributed by atoms with Crippen molar-refractivity contribution < 1.29 is 9.59 Å². The van der Waals surface area contributed by atoms with Gasteiger partial charge in [-0.15, -0.1) is 0 Å². The second-order valence-electron chi connectivity index (χ2n) is 4.67. The molecule has 1 aromatic carbocycles. The Bertz CT molecular complexity index is 555. The van der Waals surface area contributed by atoms with Gasteiger partial charge in [-0.25, -0.2) is 0 Å². The van der Waals surface area contributed by atoms with Gasteiger partial charge in [-0.05, 0) is 29.8 Å². The average molecular weight is 273 g/mol. The van der Waals surface area contributed by atoms with E-state index < -0.39 is 5.91 Å². The quantitative estimate of drug-likeness (QED) is 0.465. The highest BCUT2D eigenvalue weighted by Crippen LogP contribution is 2.10. The number of rotatable bonds is 2. The zero-order valence-corrected chi connectivity index (χ0v) is 11.2. The Morgan fingerprint density at radius 2 is 1.65 bits per heavy atom. The van der Waals surface area contributed by atoms with Crippen LogP contribution in [-0.2, 0) is 0 Å². The van der Waals surface area contributed by atoms with Crippen molar-refractivity contribution in [1.29, 1.82) is 0 Å². The molecule has 1 fully saturated rings. The largest absolute Gasteiger partial charge is 0.336 e. The van der Waals surface area contributed by atoms with E-state index in [1.807, 2.05) is 7.05 Å². The topological polar surface area (TPSA) is 89.4 Å². The summed E-state index contributed by atoms with van der Waals surface area (Å²) < 4.78 is 0. The van der Waals surface area contributed by atoms with Crippen LogP contribution in [-0.4, -0.2) is 54.8 Å². The van der Waals surface area contributed by atoms with Gasteiger partial charge in [-0.1, -0.05) is 12.1 Å². The zero-order chi connectivity index (χ0) is 14.5. The van der Waals surface area contributed by atoms with E-state index >= 15 is 0 Å². The van der Waals surface area contributed by atoms with Crippen LogP contribution in [0.5, 0.6) is 0 Å². The number of hydrogen-bond acceptors (Lipinski definition) is 3. The second kappa shape index (κ2) is 6.18. The van der Waals surface area contributed by atoms with Gasteiger partial charge in [0.25, 0.3) is 5.91 Å². The molecule has 7 heteroatoms. The van der Waals surface area contributed by atoms with Gasteiger partial charge in [0.1, 0.15) is 0 Å². The molecule has 0 unspecified atom stereocenters. The van der Waals surface area contributed by atoms with Crippen molar-refractivity contribution in [2.75, 3.05) is 33.2 Å². The lowest BCUT2D eigenvalue weighted by atomic mass is 10.1. The van der Waals surface area contributed by atoms with E-state index in [4.69, 9.17) is 5.53 Å². The van der Waals surface area contributed by atoms with E-state index in [2.05, 4.69) is 14.9 Å². The number of benzene rings is 1. The van der Waals surface area contributed by atoms with Gasteiger partial charge in [-0.3, -0.25) is 9.59 Å². The minimum Gasteiger partial charge on any atom is -0.336 e. The van der Waals surface area contributed by atoms with Crippen molar-refractivity contribution in [3.8, 4) is 0 Å². The third-order valence-electron chi connectivity index (χ3n) is 3.30. The highest BCUT2D eigenvalue weighted by molar-refractivity contribution is 5.98. The van der Waals surface area contributed by atoms with Crippen molar-refractivity contribution >= 4 is 11.8 Å². The van der Waals surface area contributed by atoms with Crippen LogP contribution in [0.25, 0.3) is 10.4 Å². The predicted molar refractivity (Wildman–Crippen MR) is 73.3 cm³/mol. The molecule has 0 aromatic heterocycles. The molecule has 104 valence electrons. The molecule has 20 heavy (non-hydrogen) atoms. The summed E-state index contributed by atoms with van der Waals surface area (Å²) in [7, 11) is 2.03. The Morgan fingerprint density at radius 1 is 1.10 bits per heavy atom. The molecule has 1 aliphatic rings. The molecule has 2 rings (SSSR count). The smallest absolute Gasteiger partial charge is 0.253 e. The van der Waals surface area contributed by atoms with Crippen molar-refractivity contribution in [1.82, 2.24) is 9.80 Å². The fourth-order valence-electron chi connectivity index (χ4n) is 2.05. The number of amides is 2. The summed E-state index contributed by atoms with van der Waals surface area (Å²) >= 11 is 0. The van der Waals surface area contributed by atoms with Crippen molar-refractivity contribution in [3.05, 3.63) is 45.8 Å². The third-order valence-corrected chi connectivity index (χ3v) is 3.30. The van der Waals surface area contributed by atoms with Crippen molar-refractivity contribution in [2.45, 2.75) is 0 Å². The molecular weight excluding hydrogens is 258 g/mol. The van der Waals surface area contributed by atoms with E-state index in [1.165, 1.54) is 12.1 Å². The summed E-state index contributed by atoms with van der Waals surface area (Å²) in [5, 5.41) is 3.01. The minimum absolute atomic E-state index is 0.0408. The van der Waals surface area contributed by atoms with Gasteiger partial charge < -0.3 is 9.80 Å². The molecule has 1 aromatic rings. The van der Waals surface area contributed by atoms with E-state index in [0.29, 0.717) is 18.7 Å². The molecule has 0 aliphatic carbocycles. The van der Waals surface area contributed by atoms with Gasteiger partial charge in [0.2, 0.25) is 5.91 Å². The van der Waals surface area contributed by atoms with Crippen LogP contribution in [0.4, 0.5) is 0 Å². The van der Waals surface area contributed by atoms with Crippen LogP contribution in [0.15, 0.2) is 29.4 Å². The molecule has 7 nitrogen and oxygen atoms in total. The Morgan fingerprint density at radius 3 is 2.20 bits per heavy atom.